The molecule has 0 aromatic carbocycles. The van der Waals surface area contributed by atoms with Crippen molar-refractivity contribution in [1.82, 2.24) is 0 Å². The standard InChI is InChI=1S/C11H22O2/c1-4-5-6-9(2)7-11(13)10(3)8-12/h8-11,13H,4-7H2,1-3H3. The van der Waals surface area contributed by atoms with Gasteiger partial charge in [-0.2, -0.15) is 0 Å². The maximum absolute atomic E-state index is 10.4. The largest absolute Gasteiger partial charge is 0.392 e. The Morgan fingerprint density at radius 1 is 1.38 bits per heavy atom. The van der Waals surface area contributed by atoms with E-state index in [0.29, 0.717) is 5.92 Å². The number of unbranched alkanes of at least 4 members (excludes halogenated alkanes) is 1. The molecular formula is C11H22O2. The second kappa shape index (κ2) is 7.07. The molecule has 0 aromatic heterocycles. The molecule has 0 heterocycles. The number of carbonyl (C=O) groups is 1. The number of hydrogen-bond acceptors (Lipinski definition) is 2. The highest BCUT2D eigenvalue weighted by Gasteiger charge is 2.15. The predicted octanol–water partition coefficient (Wildman–Crippen LogP) is 2.40. The normalized spacial score (nSPS) is 17.8. The molecule has 0 saturated carbocycles. The quantitative estimate of drug-likeness (QED) is 0.620. The van der Waals surface area contributed by atoms with Crippen LogP contribution in [-0.4, -0.2) is 17.5 Å². The first-order chi connectivity index (χ1) is 6.11. The van der Waals surface area contributed by atoms with Crippen LogP contribution in [0.15, 0.2) is 0 Å². The lowest BCUT2D eigenvalue weighted by Crippen LogP contribution is -2.21. The summed E-state index contributed by atoms with van der Waals surface area (Å²) >= 11 is 0. The van der Waals surface area contributed by atoms with E-state index in [4.69, 9.17) is 0 Å². The van der Waals surface area contributed by atoms with E-state index in [1.165, 1.54) is 12.8 Å². The van der Waals surface area contributed by atoms with Crippen molar-refractivity contribution in [3.8, 4) is 0 Å². The summed E-state index contributed by atoms with van der Waals surface area (Å²) in [6.45, 7) is 6.07. The molecule has 0 radical (unpaired) electrons. The summed E-state index contributed by atoms with van der Waals surface area (Å²) in [5.41, 5.74) is 0. The van der Waals surface area contributed by atoms with E-state index >= 15 is 0 Å². The summed E-state index contributed by atoms with van der Waals surface area (Å²) in [6.07, 6.45) is 4.69. The summed E-state index contributed by atoms with van der Waals surface area (Å²) < 4.78 is 0. The zero-order chi connectivity index (χ0) is 10.3. The number of carbonyl (C=O) groups excluding carboxylic acids is 1. The monoisotopic (exact) mass is 186 g/mol. The van der Waals surface area contributed by atoms with E-state index in [0.717, 1.165) is 19.1 Å². The lowest BCUT2D eigenvalue weighted by Gasteiger charge is -2.18. The van der Waals surface area contributed by atoms with Gasteiger partial charge in [0.05, 0.1) is 6.10 Å². The molecule has 0 bridgehead atoms. The SMILES string of the molecule is CCCCC(C)CC(O)C(C)C=O. The minimum Gasteiger partial charge on any atom is -0.392 e. The second-order valence-corrected chi connectivity index (χ2v) is 4.05. The van der Waals surface area contributed by atoms with Crippen LogP contribution in [0.1, 0.15) is 46.5 Å². The van der Waals surface area contributed by atoms with Crippen molar-refractivity contribution in [3.05, 3.63) is 0 Å². The van der Waals surface area contributed by atoms with E-state index in [-0.39, 0.29) is 5.92 Å². The molecule has 3 unspecified atom stereocenters. The summed E-state index contributed by atoms with van der Waals surface area (Å²) in [4.78, 5) is 10.4. The number of aliphatic hydroxyl groups excluding tert-OH is 1. The van der Waals surface area contributed by atoms with Crippen molar-refractivity contribution in [2.45, 2.75) is 52.6 Å². The first kappa shape index (κ1) is 12.6. The minimum absolute atomic E-state index is 0.218. The van der Waals surface area contributed by atoms with Gasteiger partial charge in [-0.3, -0.25) is 0 Å². The molecule has 0 aliphatic rings. The van der Waals surface area contributed by atoms with Gasteiger partial charge < -0.3 is 9.90 Å². The van der Waals surface area contributed by atoms with Crippen molar-refractivity contribution in [2.75, 3.05) is 0 Å². The van der Waals surface area contributed by atoms with Crippen molar-refractivity contribution >= 4 is 6.29 Å². The van der Waals surface area contributed by atoms with Gasteiger partial charge in [0.1, 0.15) is 6.29 Å². The fourth-order valence-corrected chi connectivity index (χ4v) is 1.39. The molecule has 0 aliphatic heterocycles. The Bertz CT molecular complexity index is 134. The van der Waals surface area contributed by atoms with E-state index < -0.39 is 6.10 Å². The third-order valence-electron chi connectivity index (χ3n) is 2.52. The van der Waals surface area contributed by atoms with Crippen molar-refractivity contribution in [2.24, 2.45) is 11.8 Å². The lowest BCUT2D eigenvalue weighted by molar-refractivity contribution is -0.113. The van der Waals surface area contributed by atoms with Crippen molar-refractivity contribution in [3.63, 3.8) is 0 Å². The third-order valence-corrected chi connectivity index (χ3v) is 2.52. The van der Waals surface area contributed by atoms with Crippen LogP contribution in [0.25, 0.3) is 0 Å². The fraction of sp³-hybridized carbons (Fsp3) is 0.909. The van der Waals surface area contributed by atoms with Gasteiger partial charge in [-0.05, 0) is 12.3 Å². The van der Waals surface area contributed by atoms with E-state index in [9.17, 15) is 9.90 Å². The molecule has 2 heteroatoms. The maximum Gasteiger partial charge on any atom is 0.125 e. The van der Waals surface area contributed by atoms with E-state index in [1.54, 1.807) is 6.92 Å². The average Bonchev–Trinajstić information content (AvgIpc) is 2.13. The van der Waals surface area contributed by atoms with Crippen LogP contribution in [0.3, 0.4) is 0 Å². The van der Waals surface area contributed by atoms with Crippen LogP contribution < -0.4 is 0 Å². The molecule has 13 heavy (non-hydrogen) atoms. The van der Waals surface area contributed by atoms with Crippen LogP contribution in [0, 0.1) is 11.8 Å². The Kier molecular flexibility index (Phi) is 6.87. The molecule has 0 fully saturated rings. The zero-order valence-corrected chi connectivity index (χ0v) is 8.99. The van der Waals surface area contributed by atoms with Gasteiger partial charge in [0.25, 0.3) is 0 Å². The molecular weight excluding hydrogens is 164 g/mol. The Morgan fingerprint density at radius 2 is 2.00 bits per heavy atom. The highest BCUT2D eigenvalue weighted by Crippen LogP contribution is 2.17. The molecule has 0 aromatic rings. The number of aliphatic hydroxyl groups is 1. The van der Waals surface area contributed by atoms with Gasteiger partial charge in [0, 0.05) is 5.92 Å². The predicted molar refractivity (Wildman–Crippen MR) is 54.5 cm³/mol. The molecule has 0 spiro atoms. The Hall–Kier alpha value is -0.370. The van der Waals surface area contributed by atoms with Gasteiger partial charge in [-0.1, -0.05) is 40.0 Å². The van der Waals surface area contributed by atoms with Crippen LogP contribution in [0.5, 0.6) is 0 Å². The Balaban J connectivity index is 3.63. The van der Waals surface area contributed by atoms with Gasteiger partial charge in [0.15, 0.2) is 0 Å². The Labute approximate surface area is 81.3 Å². The highest BCUT2D eigenvalue weighted by molar-refractivity contribution is 5.53. The van der Waals surface area contributed by atoms with E-state index in [1.807, 2.05) is 0 Å². The minimum atomic E-state index is -0.454. The zero-order valence-electron chi connectivity index (χ0n) is 8.99. The highest BCUT2D eigenvalue weighted by atomic mass is 16.3. The summed E-state index contributed by atoms with van der Waals surface area (Å²) in [6, 6.07) is 0. The second-order valence-electron chi connectivity index (χ2n) is 4.05. The molecule has 78 valence electrons. The first-order valence-corrected chi connectivity index (χ1v) is 5.25. The molecule has 0 rings (SSSR count). The summed E-state index contributed by atoms with van der Waals surface area (Å²) in [5, 5.41) is 9.56. The maximum atomic E-state index is 10.4. The molecule has 3 atom stereocenters. The average molecular weight is 186 g/mol. The summed E-state index contributed by atoms with van der Waals surface area (Å²) in [7, 11) is 0. The summed E-state index contributed by atoms with van der Waals surface area (Å²) in [5.74, 6) is 0.307. The number of hydrogen-bond donors (Lipinski definition) is 1. The van der Waals surface area contributed by atoms with Gasteiger partial charge in [-0.15, -0.1) is 0 Å². The van der Waals surface area contributed by atoms with Crippen LogP contribution in [0.4, 0.5) is 0 Å². The molecule has 0 saturated heterocycles. The number of aldehydes is 1. The topological polar surface area (TPSA) is 37.3 Å². The van der Waals surface area contributed by atoms with E-state index in [2.05, 4.69) is 13.8 Å². The molecule has 0 aliphatic carbocycles. The number of rotatable bonds is 7. The lowest BCUT2D eigenvalue weighted by atomic mass is 9.92. The van der Waals surface area contributed by atoms with Gasteiger partial charge >= 0.3 is 0 Å². The first-order valence-electron chi connectivity index (χ1n) is 5.25. The van der Waals surface area contributed by atoms with Crippen LogP contribution in [0.2, 0.25) is 0 Å². The van der Waals surface area contributed by atoms with Crippen molar-refractivity contribution in [1.29, 1.82) is 0 Å². The van der Waals surface area contributed by atoms with Gasteiger partial charge in [0.2, 0.25) is 0 Å². The van der Waals surface area contributed by atoms with Crippen LogP contribution in [-0.2, 0) is 4.79 Å². The van der Waals surface area contributed by atoms with Crippen LogP contribution >= 0.6 is 0 Å². The fourth-order valence-electron chi connectivity index (χ4n) is 1.39. The van der Waals surface area contributed by atoms with Gasteiger partial charge in [-0.25, -0.2) is 0 Å². The molecule has 0 amide bonds. The molecule has 1 N–H and O–H groups in total. The third kappa shape index (κ3) is 5.81. The molecule has 2 nitrogen and oxygen atoms in total. The smallest absolute Gasteiger partial charge is 0.125 e. The Morgan fingerprint density at radius 3 is 2.46 bits per heavy atom. The van der Waals surface area contributed by atoms with Crippen molar-refractivity contribution < 1.29 is 9.90 Å².